The highest BCUT2D eigenvalue weighted by atomic mass is 16.5. The Morgan fingerprint density at radius 2 is 2.06 bits per heavy atom. The second-order valence-electron chi connectivity index (χ2n) is 5.96. The molecule has 1 heterocycles. The maximum atomic E-state index is 11.6. The number of likely N-dealkylation sites (tertiary alicyclic amines) is 1. The molecule has 0 saturated carbocycles. The molecule has 0 N–H and O–H groups in total. The molecular weight excluding hydrogens is 228 g/mol. The number of carbonyl (C=O) groups is 1. The zero-order chi connectivity index (χ0) is 13.9. The molecule has 1 aliphatic heterocycles. The van der Waals surface area contributed by atoms with E-state index < -0.39 is 0 Å². The van der Waals surface area contributed by atoms with Crippen LogP contribution in [0.2, 0.25) is 0 Å². The third kappa shape index (κ3) is 4.34. The van der Waals surface area contributed by atoms with Crippen molar-refractivity contribution in [1.29, 1.82) is 0 Å². The fourth-order valence-corrected chi connectivity index (χ4v) is 2.79. The van der Waals surface area contributed by atoms with Crippen LogP contribution in [0.1, 0.15) is 33.6 Å². The Bertz CT molecular complexity index is 279. The number of ether oxygens (including phenoxy) is 1. The smallest absolute Gasteiger partial charge is 0.146 e. The fourth-order valence-electron chi connectivity index (χ4n) is 2.79. The normalized spacial score (nSPS) is 27.1. The summed E-state index contributed by atoms with van der Waals surface area (Å²) >= 11 is 0. The first kappa shape index (κ1) is 15.6. The fraction of sp³-hybridized carbons (Fsp3) is 0.929. The third-order valence-corrected chi connectivity index (χ3v) is 3.70. The van der Waals surface area contributed by atoms with Crippen LogP contribution in [0, 0.1) is 0 Å². The van der Waals surface area contributed by atoms with Gasteiger partial charge in [-0.15, -0.1) is 0 Å². The lowest BCUT2D eigenvalue weighted by atomic mass is 10.0. The predicted octanol–water partition coefficient (Wildman–Crippen LogP) is 1.39. The van der Waals surface area contributed by atoms with Crippen LogP contribution in [-0.4, -0.2) is 67.6 Å². The molecule has 4 nitrogen and oxygen atoms in total. The van der Waals surface area contributed by atoms with Gasteiger partial charge < -0.3 is 9.64 Å². The lowest BCUT2D eigenvalue weighted by molar-refractivity contribution is -0.121. The lowest BCUT2D eigenvalue weighted by Crippen LogP contribution is -2.40. The second kappa shape index (κ2) is 6.64. The third-order valence-electron chi connectivity index (χ3n) is 3.70. The van der Waals surface area contributed by atoms with Crippen LogP contribution in [0.25, 0.3) is 0 Å². The molecule has 1 aliphatic rings. The molecule has 0 radical (unpaired) electrons. The minimum Gasteiger partial charge on any atom is -0.374 e. The molecule has 3 unspecified atom stereocenters. The van der Waals surface area contributed by atoms with E-state index in [2.05, 4.69) is 25.8 Å². The van der Waals surface area contributed by atoms with Crippen LogP contribution in [0.15, 0.2) is 0 Å². The van der Waals surface area contributed by atoms with E-state index in [1.807, 2.05) is 19.0 Å². The Balaban J connectivity index is 2.54. The van der Waals surface area contributed by atoms with Crippen molar-refractivity contribution in [3.63, 3.8) is 0 Å². The highest BCUT2D eigenvalue weighted by molar-refractivity contribution is 5.81. The molecule has 18 heavy (non-hydrogen) atoms. The standard InChI is InChI=1S/C14H28N2O2/c1-10(2)18-13-7-12(16(6)9-13)8-14(11(3)17)15(4)5/h10,12-14H,7-9H2,1-6H3. The highest BCUT2D eigenvalue weighted by Crippen LogP contribution is 2.24. The Labute approximate surface area is 111 Å². The Morgan fingerprint density at radius 3 is 2.50 bits per heavy atom. The SMILES string of the molecule is CC(=O)C(CC1CC(OC(C)C)CN1C)N(C)C. The summed E-state index contributed by atoms with van der Waals surface area (Å²) in [5.41, 5.74) is 0. The van der Waals surface area contributed by atoms with Crippen molar-refractivity contribution < 1.29 is 9.53 Å². The summed E-state index contributed by atoms with van der Waals surface area (Å²) in [6.45, 7) is 6.81. The molecule has 0 bridgehead atoms. The van der Waals surface area contributed by atoms with Gasteiger partial charge in [0.1, 0.15) is 5.78 Å². The zero-order valence-corrected chi connectivity index (χ0v) is 12.6. The summed E-state index contributed by atoms with van der Waals surface area (Å²) in [6.07, 6.45) is 2.53. The molecule has 0 aromatic carbocycles. The van der Waals surface area contributed by atoms with Gasteiger partial charge >= 0.3 is 0 Å². The van der Waals surface area contributed by atoms with Gasteiger partial charge in [0.05, 0.1) is 18.2 Å². The molecule has 0 spiro atoms. The summed E-state index contributed by atoms with van der Waals surface area (Å²) < 4.78 is 5.87. The summed E-state index contributed by atoms with van der Waals surface area (Å²) in [4.78, 5) is 16.0. The molecule has 1 saturated heterocycles. The average molecular weight is 256 g/mol. The van der Waals surface area contributed by atoms with Crippen molar-refractivity contribution in [3.8, 4) is 0 Å². The van der Waals surface area contributed by atoms with E-state index in [1.165, 1.54) is 0 Å². The number of nitrogens with zero attached hydrogens (tertiary/aromatic N) is 2. The molecule has 1 rings (SSSR count). The van der Waals surface area contributed by atoms with Crippen LogP contribution in [0.3, 0.4) is 0 Å². The topological polar surface area (TPSA) is 32.8 Å². The van der Waals surface area contributed by atoms with Crippen LogP contribution in [0.5, 0.6) is 0 Å². The maximum Gasteiger partial charge on any atom is 0.146 e. The molecule has 0 aromatic heterocycles. The number of rotatable bonds is 6. The largest absolute Gasteiger partial charge is 0.374 e. The zero-order valence-electron chi connectivity index (χ0n) is 12.6. The van der Waals surface area contributed by atoms with E-state index in [0.29, 0.717) is 12.1 Å². The Hall–Kier alpha value is -0.450. The van der Waals surface area contributed by atoms with Gasteiger partial charge in [0, 0.05) is 12.6 Å². The van der Waals surface area contributed by atoms with Crippen molar-refractivity contribution in [2.24, 2.45) is 0 Å². The Kier molecular flexibility index (Phi) is 5.76. The first-order valence-corrected chi connectivity index (χ1v) is 6.83. The molecule has 106 valence electrons. The lowest BCUT2D eigenvalue weighted by Gasteiger charge is -2.27. The van der Waals surface area contributed by atoms with Gasteiger partial charge in [0.2, 0.25) is 0 Å². The number of likely N-dealkylation sites (N-methyl/N-ethyl adjacent to an activating group) is 2. The van der Waals surface area contributed by atoms with Crippen molar-refractivity contribution in [2.75, 3.05) is 27.7 Å². The van der Waals surface area contributed by atoms with Gasteiger partial charge in [-0.2, -0.15) is 0 Å². The summed E-state index contributed by atoms with van der Waals surface area (Å²) in [7, 11) is 6.08. The first-order valence-electron chi connectivity index (χ1n) is 6.83. The van der Waals surface area contributed by atoms with Crippen molar-refractivity contribution in [1.82, 2.24) is 9.80 Å². The molecule has 0 aliphatic carbocycles. The summed E-state index contributed by atoms with van der Waals surface area (Å²) in [5, 5.41) is 0. The van der Waals surface area contributed by atoms with E-state index in [0.717, 1.165) is 19.4 Å². The van der Waals surface area contributed by atoms with Crippen LogP contribution < -0.4 is 0 Å². The molecule has 3 atom stereocenters. The quantitative estimate of drug-likeness (QED) is 0.719. The number of Topliss-reactive ketones (excluding diaryl/α,β-unsaturated/α-hetero) is 1. The van der Waals surface area contributed by atoms with Crippen LogP contribution >= 0.6 is 0 Å². The number of ketones is 1. The summed E-state index contributed by atoms with van der Waals surface area (Å²) in [5.74, 6) is 0.252. The second-order valence-corrected chi connectivity index (χ2v) is 5.96. The highest BCUT2D eigenvalue weighted by Gasteiger charge is 2.33. The minimum atomic E-state index is 0.0234. The number of carbonyl (C=O) groups excluding carboxylic acids is 1. The molecule has 0 amide bonds. The van der Waals surface area contributed by atoms with E-state index in [9.17, 15) is 4.79 Å². The van der Waals surface area contributed by atoms with Gasteiger partial charge in [-0.05, 0) is 54.8 Å². The minimum absolute atomic E-state index is 0.0234. The van der Waals surface area contributed by atoms with Crippen molar-refractivity contribution in [2.45, 2.75) is 57.9 Å². The van der Waals surface area contributed by atoms with Crippen LogP contribution in [0.4, 0.5) is 0 Å². The van der Waals surface area contributed by atoms with Crippen molar-refractivity contribution >= 4 is 5.78 Å². The van der Waals surface area contributed by atoms with Gasteiger partial charge in [-0.1, -0.05) is 0 Å². The van der Waals surface area contributed by atoms with Crippen molar-refractivity contribution in [3.05, 3.63) is 0 Å². The Morgan fingerprint density at radius 1 is 1.44 bits per heavy atom. The monoisotopic (exact) mass is 256 g/mol. The van der Waals surface area contributed by atoms with E-state index in [1.54, 1.807) is 6.92 Å². The molecule has 1 fully saturated rings. The van der Waals surface area contributed by atoms with Gasteiger partial charge in [-0.3, -0.25) is 9.69 Å². The van der Waals surface area contributed by atoms with E-state index in [4.69, 9.17) is 4.74 Å². The maximum absolute atomic E-state index is 11.6. The molecular formula is C14H28N2O2. The first-order chi connectivity index (χ1) is 8.31. The number of hydrogen-bond acceptors (Lipinski definition) is 4. The summed E-state index contributed by atoms with van der Waals surface area (Å²) in [6, 6.07) is 0.472. The van der Waals surface area contributed by atoms with E-state index >= 15 is 0 Å². The number of hydrogen-bond donors (Lipinski definition) is 0. The van der Waals surface area contributed by atoms with E-state index in [-0.39, 0.29) is 17.9 Å². The molecule has 0 aromatic rings. The van der Waals surface area contributed by atoms with Crippen LogP contribution in [-0.2, 0) is 9.53 Å². The average Bonchev–Trinajstić information content (AvgIpc) is 2.53. The van der Waals surface area contributed by atoms with Gasteiger partial charge in [0.25, 0.3) is 0 Å². The van der Waals surface area contributed by atoms with Gasteiger partial charge in [0.15, 0.2) is 0 Å². The molecule has 4 heteroatoms. The van der Waals surface area contributed by atoms with Gasteiger partial charge in [-0.25, -0.2) is 0 Å². The predicted molar refractivity (Wildman–Crippen MR) is 73.8 cm³/mol.